The van der Waals surface area contributed by atoms with Crippen molar-refractivity contribution in [2.24, 2.45) is 0 Å². The summed E-state index contributed by atoms with van der Waals surface area (Å²) in [6.45, 7) is 1.04. The standard InChI is InChI=1S/C11H15N2O7P/c1-6-3-12(9-2-7(15)8(4-14)20-9)11(17)13(10(6)16)5-21(18)19/h3,5,7-9,14-15H,2,4H2,1H3,(H,18,19)/t7-,8+,9+/m0/s1. The molecule has 1 saturated heterocycles. The Hall–Kier alpha value is -1.35. The molecule has 1 aromatic rings. The highest BCUT2D eigenvalue weighted by Crippen LogP contribution is 2.27. The van der Waals surface area contributed by atoms with Crippen LogP contribution in [0.25, 0.3) is 0 Å². The number of hydrogen-bond donors (Lipinski definition) is 3. The summed E-state index contributed by atoms with van der Waals surface area (Å²) in [5, 5.41) is 18.7. The summed E-state index contributed by atoms with van der Waals surface area (Å²) in [6, 6.07) is 0. The van der Waals surface area contributed by atoms with Crippen LogP contribution in [0.15, 0.2) is 15.8 Å². The minimum Gasteiger partial charge on any atom is -0.602 e. The fourth-order valence-corrected chi connectivity index (χ4v) is 2.58. The molecule has 3 N–H and O–H groups in total. The first-order chi connectivity index (χ1) is 9.85. The Kier molecular flexibility index (Phi) is 4.72. The van der Waals surface area contributed by atoms with Gasteiger partial charge in [0, 0.05) is 18.2 Å². The zero-order valence-electron chi connectivity index (χ0n) is 11.1. The summed E-state index contributed by atoms with van der Waals surface area (Å²) in [6.07, 6.45) is -1.29. The second-order valence-corrected chi connectivity index (χ2v) is 5.55. The maximum Gasteiger partial charge on any atom is 0.340 e. The number of aromatic nitrogens is 2. The number of aryl methyl sites for hydroxylation is 1. The van der Waals surface area contributed by atoms with Crippen molar-refractivity contribution in [3.05, 3.63) is 32.6 Å². The summed E-state index contributed by atoms with van der Waals surface area (Å²) >= 11 is 0. The molecule has 1 aromatic heterocycles. The number of rotatable bonds is 3. The van der Waals surface area contributed by atoms with Gasteiger partial charge in [0.2, 0.25) is 13.9 Å². The molecule has 2 rings (SSSR count). The van der Waals surface area contributed by atoms with Gasteiger partial charge in [-0.1, -0.05) is 0 Å². The highest BCUT2D eigenvalue weighted by atomic mass is 31.1. The lowest BCUT2D eigenvalue weighted by Gasteiger charge is -2.15. The van der Waals surface area contributed by atoms with Crippen LogP contribution in [-0.2, 0) is 4.74 Å². The van der Waals surface area contributed by atoms with E-state index in [0.29, 0.717) is 10.5 Å². The fraction of sp³-hybridized carbons (Fsp3) is 0.545. The molecule has 0 aromatic carbocycles. The van der Waals surface area contributed by atoms with E-state index in [2.05, 4.69) is 0 Å². The van der Waals surface area contributed by atoms with Crippen LogP contribution in [0, 0.1) is 6.92 Å². The molecule has 4 atom stereocenters. The fourth-order valence-electron chi connectivity index (χ4n) is 2.18. The number of ether oxygens (including phenoxy) is 1. The van der Waals surface area contributed by atoms with Crippen LogP contribution in [0.3, 0.4) is 0 Å². The highest BCUT2D eigenvalue weighted by molar-refractivity contribution is 7.43. The molecule has 0 saturated carbocycles. The minimum atomic E-state index is -2.82. The molecule has 10 heteroatoms. The van der Waals surface area contributed by atoms with Crippen molar-refractivity contribution in [2.75, 3.05) is 6.61 Å². The van der Waals surface area contributed by atoms with Crippen molar-refractivity contribution in [1.82, 2.24) is 9.13 Å². The molecule has 0 bridgehead atoms. The van der Waals surface area contributed by atoms with Gasteiger partial charge in [-0.15, -0.1) is 0 Å². The van der Waals surface area contributed by atoms with E-state index in [1.54, 1.807) is 0 Å². The van der Waals surface area contributed by atoms with E-state index in [1.165, 1.54) is 13.1 Å². The second-order valence-electron chi connectivity index (χ2n) is 4.71. The molecule has 2 heterocycles. The smallest absolute Gasteiger partial charge is 0.340 e. The largest absolute Gasteiger partial charge is 0.602 e. The SMILES string of the molecule is Cc1cn([C@H]2C[C@H](O)[C@@H](CO)O2)c(=O)n(/C=[P+](\[O-])O)c1=O. The van der Waals surface area contributed by atoms with Gasteiger partial charge in [0.15, 0.2) is 0 Å². The lowest BCUT2D eigenvalue weighted by molar-refractivity contribution is -0.167. The molecular weight excluding hydrogens is 303 g/mol. The maximum absolute atomic E-state index is 12.2. The average Bonchev–Trinajstić information content (AvgIpc) is 2.79. The van der Waals surface area contributed by atoms with Gasteiger partial charge in [-0.25, -0.2) is 4.79 Å². The van der Waals surface area contributed by atoms with Gasteiger partial charge in [-0.2, -0.15) is 9.46 Å². The van der Waals surface area contributed by atoms with Crippen LogP contribution < -0.4 is 16.1 Å². The quantitative estimate of drug-likeness (QED) is 0.513. The van der Waals surface area contributed by atoms with Crippen LogP contribution in [0.2, 0.25) is 0 Å². The Labute approximate surface area is 119 Å². The van der Waals surface area contributed by atoms with Crippen molar-refractivity contribution < 1.29 is 24.7 Å². The zero-order valence-corrected chi connectivity index (χ0v) is 12.0. The van der Waals surface area contributed by atoms with Gasteiger partial charge < -0.3 is 19.8 Å². The molecule has 0 amide bonds. The summed E-state index contributed by atoms with van der Waals surface area (Å²) in [5.41, 5.74) is -1.38. The molecule has 1 aliphatic heterocycles. The second kappa shape index (κ2) is 6.18. The molecule has 9 nitrogen and oxygen atoms in total. The predicted molar refractivity (Wildman–Crippen MR) is 71.9 cm³/mol. The first-order valence-corrected chi connectivity index (χ1v) is 7.42. The van der Waals surface area contributed by atoms with Crippen molar-refractivity contribution >= 4 is 13.9 Å². The number of hydrogen-bond acceptors (Lipinski definition) is 7. The monoisotopic (exact) mass is 318 g/mol. The van der Waals surface area contributed by atoms with Crippen molar-refractivity contribution in [3.63, 3.8) is 0 Å². The molecule has 1 fully saturated rings. The number of aliphatic hydroxyl groups excluding tert-OH is 2. The van der Waals surface area contributed by atoms with Crippen LogP contribution in [0.5, 0.6) is 0 Å². The Bertz CT molecular complexity index is 676. The number of nitrogens with zero attached hydrogens (tertiary/aromatic N) is 2. The van der Waals surface area contributed by atoms with Gasteiger partial charge in [-0.3, -0.25) is 9.36 Å². The highest BCUT2D eigenvalue weighted by Gasteiger charge is 2.35. The van der Waals surface area contributed by atoms with E-state index in [0.717, 1.165) is 4.57 Å². The van der Waals surface area contributed by atoms with Crippen LogP contribution in [0.1, 0.15) is 18.2 Å². The Morgan fingerprint density at radius 2 is 2.24 bits per heavy atom. The van der Waals surface area contributed by atoms with Gasteiger partial charge in [0.05, 0.1) is 12.7 Å². The number of aliphatic hydroxyl groups is 2. The lowest BCUT2D eigenvalue weighted by Crippen LogP contribution is -2.42. The molecule has 21 heavy (non-hydrogen) atoms. The first kappa shape index (κ1) is 16.0. The maximum atomic E-state index is 12.2. The third-order valence-electron chi connectivity index (χ3n) is 3.22. The molecule has 0 aliphatic carbocycles. The Morgan fingerprint density at radius 3 is 2.76 bits per heavy atom. The molecule has 1 aliphatic rings. The van der Waals surface area contributed by atoms with E-state index in [4.69, 9.17) is 14.7 Å². The van der Waals surface area contributed by atoms with E-state index in [9.17, 15) is 19.6 Å². The van der Waals surface area contributed by atoms with E-state index in [-0.39, 0.29) is 12.0 Å². The molecule has 0 radical (unpaired) electrons. The summed E-state index contributed by atoms with van der Waals surface area (Å²) in [7, 11) is -2.82. The molecular formula is C11H15N2O7P. The van der Waals surface area contributed by atoms with Crippen molar-refractivity contribution in [1.29, 1.82) is 0 Å². The third kappa shape index (κ3) is 3.13. The normalized spacial score (nSPS) is 26.3. The van der Waals surface area contributed by atoms with Crippen LogP contribution in [0.4, 0.5) is 0 Å². The Balaban J connectivity index is 2.52. The first-order valence-electron chi connectivity index (χ1n) is 6.14. The summed E-state index contributed by atoms with van der Waals surface area (Å²) in [5.74, 6) is 0.623. The topological polar surface area (TPSA) is 137 Å². The minimum absolute atomic E-state index is 0.0635. The van der Waals surface area contributed by atoms with E-state index >= 15 is 0 Å². The summed E-state index contributed by atoms with van der Waals surface area (Å²) in [4.78, 5) is 43.7. The van der Waals surface area contributed by atoms with Crippen LogP contribution >= 0.6 is 8.00 Å². The summed E-state index contributed by atoms with van der Waals surface area (Å²) < 4.78 is 6.94. The van der Waals surface area contributed by atoms with Crippen LogP contribution in [-0.4, -0.2) is 49.0 Å². The zero-order chi connectivity index (χ0) is 15.7. The van der Waals surface area contributed by atoms with Gasteiger partial charge in [0.1, 0.15) is 12.3 Å². The molecule has 1 unspecified atom stereocenters. The van der Waals surface area contributed by atoms with E-state index in [1.807, 2.05) is 0 Å². The van der Waals surface area contributed by atoms with Crippen molar-refractivity contribution in [3.8, 4) is 0 Å². The third-order valence-corrected chi connectivity index (χ3v) is 3.65. The molecule has 0 spiro atoms. The Morgan fingerprint density at radius 1 is 1.57 bits per heavy atom. The predicted octanol–water partition coefficient (Wildman–Crippen LogP) is -2.77. The lowest BCUT2D eigenvalue weighted by atomic mass is 10.2. The van der Waals surface area contributed by atoms with Gasteiger partial charge in [0.25, 0.3) is 5.56 Å². The van der Waals surface area contributed by atoms with Gasteiger partial charge >= 0.3 is 5.69 Å². The van der Waals surface area contributed by atoms with Gasteiger partial charge in [-0.05, 0) is 6.92 Å². The van der Waals surface area contributed by atoms with Crippen molar-refractivity contribution in [2.45, 2.75) is 31.8 Å². The molecule has 116 valence electrons. The average molecular weight is 318 g/mol. The van der Waals surface area contributed by atoms with E-state index < -0.39 is 44.3 Å².